The normalized spacial score (nSPS) is 22.1. The average molecular weight is 595 g/mol. The molecule has 0 aromatic heterocycles. The maximum Gasteiger partial charge on any atom is 2.00 e. The van der Waals surface area contributed by atoms with Crippen molar-refractivity contribution in [1.82, 2.24) is 0 Å². The van der Waals surface area contributed by atoms with Crippen LogP contribution in [0.1, 0.15) is 71.1 Å². The van der Waals surface area contributed by atoms with Crippen LogP contribution in [0.25, 0.3) is 0 Å². The van der Waals surface area contributed by atoms with Crippen LogP contribution in [0, 0.1) is 62.4 Å². The second-order valence-electron chi connectivity index (χ2n) is 11.1. The molecule has 2 aromatic carbocycles. The first-order chi connectivity index (χ1) is 18.8. The van der Waals surface area contributed by atoms with Crippen molar-refractivity contribution in [2.24, 2.45) is 0 Å². The molecule has 0 saturated heterocycles. The number of hydrogen-bond donors (Lipinski definition) is 0. The van der Waals surface area contributed by atoms with E-state index in [1.54, 1.807) is 17.5 Å². The zero-order valence-corrected chi connectivity index (χ0v) is 26.4. The minimum atomic E-state index is -0.501. The van der Waals surface area contributed by atoms with Gasteiger partial charge in [0.15, 0.2) is 0 Å². The Hall–Kier alpha value is -0.181. The molecule has 0 unspecified atom stereocenters. The summed E-state index contributed by atoms with van der Waals surface area (Å²) in [5.41, 5.74) is 3.66. The third-order valence-corrected chi connectivity index (χ3v) is 14.6. The van der Waals surface area contributed by atoms with Crippen molar-refractivity contribution in [3.8, 4) is 0 Å². The topological polar surface area (TPSA) is 0 Å². The van der Waals surface area contributed by atoms with Gasteiger partial charge in [-0.2, -0.15) is 0 Å². The fourth-order valence-corrected chi connectivity index (χ4v) is 13.1. The molecule has 0 bridgehead atoms. The van der Waals surface area contributed by atoms with E-state index in [-0.39, 0.29) is 25.0 Å². The van der Waals surface area contributed by atoms with E-state index in [9.17, 15) is 0 Å². The molecule has 4 fully saturated rings. The quantitative estimate of drug-likeness (QED) is 0.221. The maximum atomic E-state index is 2.49. The van der Waals surface area contributed by atoms with Gasteiger partial charge in [0.25, 0.3) is 0 Å². The SMILES string of the molecule is C[C]1[CH][CH][C](P(c2ccccc2)c2ccccc2)[C]1CP(C1CCCCC1)C1CCCCC1.[CH]1[CH][CH][CH][CH]1.[Fe+2]. The van der Waals surface area contributed by atoms with Crippen molar-refractivity contribution in [2.45, 2.75) is 82.4 Å². The molecule has 10 radical (unpaired) electrons. The molecule has 0 N–H and O–H groups in total. The van der Waals surface area contributed by atoms with Gasteiger partial charge in [-0.05, 0) is 118 Å². The van der Waals surface area contributed by atoms with Crippen molar-refractivity contribution < 1.29 is 17.1 Å². The Balaban J connectivity index is 0.000000530. The van der Waals surface area contributed by atoms with Gasteiger partial charge in [-0.1, -0.05) is 114 Å². The Kier molecular flexibility index (Phi) is 13.9. The summed E-state index contributed by atoms with van der Waals surface area (Å²) in [6.07, 6.45) is 31.2. The second kappa shape index (κ2) is 17.1. The van der Waals surface area contributed by atoms with Crippen LogP contribution < -0.4 is 10.6 Å². The van der Waals surface area contributed by atoms with Crippen LogP contribution in [0.4, 0.5) is 0 Å². The number of rotatable bonds is 7. The molecular weight excluding hydrogens is 550 g/mol. The van der Waals surface area contributed by atoms with Crippen LogP contribution in [-0.4, -0.2) is 17.5 Å². The summed E-state index contributed by atoms with van der Waals surface area (Å²) in [5.74, 6) is 3.26. The van der Waals surface area contributed by atoms with Gasteiger partial charge in [0.2, 0.25) is 0 Å². The van der Waals surface area contributed by atoms with E-state index in [0.29, 0.717) is 0 Å². The first kappa shape index (κ1) is 31.7. The van der Waals surface area contributed by atoms with E-state index in [0.717, 1.165) is 11.3 Å². The molecule has 4 aliphatic carbocycles. The molecule has 0 nitrogen and oxygen atoms in total. The van der Waals surface area contributed by atoms with Gasteiger partial charge in [-0.3, -0.25) is 0 Å². The van der Waals surface area contributed by atoms with E-state index < -0.39 is 7.92 Å². The second-order valence-corrected chi connectivity index (χ2v) is 16.1. The largest absolute Gasteiger partial charge is 2.00 e. The Morgan fingerprint density at radius 1 is 0.590 bits per heavy atom. The van der Waals surface area contributed by atoms with Crippen LogP contribution in [0.3, 0.4) is 0 Å². The first-order valence-corrected chi connectivity index (χ1v) is 17.9. The van der Waals surface area contributed by atoms with Crippen molar-refractivity contribution in [3.05, 3.63) is 123 Å². The summed E-state index contributed by atoms with van der Waals surface area (Å²) in [6, 6.07) is 22.6. The van der Waals surface area contributed by atoms with E-state index in [1.165, 1.54) is 81.0 Å². The smallest absolute Gasteiger partial charge is 0.0997 e. The van der Waals surface area contributed by atoms with Crippen LogP contribution >= 0.6 is 15.8 Å². The molecule has 0 atom stereocenters. The van der Waals surface area contributed by atoms with Gasteiger partial charge in [0.1, 0.15) is 0 Å². The summed E-state index contributed by atoms with van der Waals surface area (Å²) in [4.78, 5) is 0. The third kappa shape index (κ3) is 8.90. The molecular formula is C36H44FeP2+2. The zero-order chi connectivity index (χ0) is 26.0. The van der Waals surface area contributed by atoms with Crippen LogP contribution in [-0.2, 0) is 17.1 Å². The number of hydrogen-bond acceptors (Lipinski definition) is 0. The summed E-state index contributed by atoms with van der Waals surface area (Å²) < 4.78 is 0. The van der Waals surface area contributed by atoms with E-state index in [2.05, 4.69) is 80.4 Å². The van der Waals surface area contributed by atoms with Crippen LogP contribution in [0.2, 0.25) is 0 Å². The zero-order valence-electron chi connectivity index (χ0n) is 23.5. The molecule has 3 heteroatoms. The van der Waals surface area contributed by atoms with Gasteiger partial charge in [-0.25, -0.2) is 0 Å². The Morgan fingerprint density at radius 2 is 1.03 bits per heavy atom. The molecule has 0 aliphatic heterocycles. The Labute approximate surface area is 254 Å². The first-order valence-electron chi connectivity index (χ1n) is 14.9. The number of benzene rings is 2. The predicted octanol–water partition coefficient (Wildman–Crippen LogP) is 9.41. The summed E-state index contributed by atoms with van der Waals surface area (Å²) in [5, 5.41) is 2.98. The fourth-order valence-electron chi connectivity index (χ4n) is 6.49. The summed E-state index contributed by atoms with van der Waals surface area (Å²) in [6.45, 7) is 2.39. The minimum Gasteiger partial charge on any atom is -0.0997 e. The van der Waals surface area contributed by atoms with Crippen molar-refractivity contribution in [3.63, 3.8) is 0 Å². The van der Waals surface area contributed by atoms with E-state index in [4.69, 9.17) is 0 Å². The standard InChI is InChI=1S/C31H39P2.C5H5.Fe/c1-25-22-23-31(33(28-18-10-4-11-19-28)29-20-12-5-13-21-29)30(25)24-32(26-14-6-2-7-15-26)27-16-8-3-9-17-27;1-2-4-5-3-1;/h4-5,10-13,18-23,26-27H,2-3,6-9,14-17,24H2,1H3;1-5H;/q;;+2. The molecule has 6 rings (SSSR count). The van der Waals surface area contributed by atoms with Crippen molar-refractivity contribution >= 4 is 26.5 Å². The summed E-state index contributed by atoms with van der Waals surface area (Å²) in [7, 11) is -0.433. The van der Waals surface area contributed by atoms with Gasteiger partial charge < -0.3 is 0 Å². The van der Waals surface area contributed by atoms with Crippen molar-refractivity contribution in [1.29, 1.82) is 0 Å². The predicted molar refractivity (Wildman–Crippen MR) is 170 cm³/mol. The molecule has 39 heavy (non-hydrogen) atoms. The Morgan fingerprint density at radius 3 is 1.46 bits per heavy atom. The molecule has 0 heterocycles. The third-order valence-electron chi connectivity index (χ3n) is 8.53. The maximum absolute atomic E-state index is 2.49. The summed E-state index contributed by atoms with van der Waals surface area (Å²) >= 11 is 0. The Bertz CT molecular complexity index is 837. The van der Waals surface area contributed by atoms with Crippen LogP contribution in [0.5, 0.6) is 0 Å². The van der Waals surface area contributed by atoms with Crippen LogP contribution in [0.15, 0.2) is 60.7 Å². The molecule has 0 amide bonds. The fraction of sp³-hybridized carbons (Fsp3) is 0.389. The van der Waals surface area contributed by atoms with E-state index >= 15 is 0 Å². The van der Waals surface area contributed by atoms with Gasteiger partial charge in [-0.15, -0.1) is 0 Å². The minimum absolute atomic E-state index is 0. The van der Waals surface area contributed by atoms with Gasteiger partial charge in [0, 0.05) is 5.66 Å². The van der Waals surface area contributed by atoms with Gasteiger partial charge in [0.05, 0.1) is 0 Å². The molecule has 0 spiro atoms. The molecule has 4 aliphatic rings. The van der Waals surface area contributed by atoms with E-state index in [1.807, 2.05) is 32.1 Å². The van der Waals surface area contributed by atoms with Crippen molar-refractivity contribution in [2.75, 3.05) is 6.16 Å². The molecule has 2 aromatic rings. The average Bonchev–Trinajstić information content (AvgIpc) is 3.69. The monoisotopic (exact) mass is 594 g/mol. The van der Waals surface area contributed by atoms with Gasteiger partial charge >= 0.3 is 17.1 Å². The molecule has 4 saturated carbocycles. The molecule has 204 valence electrons.